The third-order valence-electron chi connectivity index (χ3n) is 8.69. The van der Waals surface area contributed by atoms with Gasteiger partial charge in [0.1, 0.15) is 79.1 Å². The van der Waals surface area contributed by atoms with Crippen LogP contribution in [0.15, 0.2) is 0 Å². The minimum absolute atomic E-state index is 0.0111. The predicted octanol–water partition coefficient (Wildman–Crippen LogP) is 3.08. The van der Waals surface area contributed by atoms with E-state index in [4.69, 9.17) is 89.4 Å². The van der Waals surface area contributed by atoms with Crippen molar-refractivity contribution in [2.75, 3.05) is 199 Å². The second-order valence-corrected chi connectivity index (χ2v) is 20.4. The zero-order chi connectivity index (χ0) is 49.6. The molecule has 0 radical (unpaired) electrons. The van der Waals surface area contributed by atoms with E-state index in [2.05, 4.69) is 0 Å². The van der Waals surface area contributed by atoms with Crippen LogP contribution in [0.25, 0.3) is 0 Å². The van der Waals surface area contributed by atoms with Gasteiger partial charge in [-0.1, -0.05) is 6.92 Å². The van der Waals surface area contributed by atoms with Crippen molar-refractivity contribution in [3.63, 3.8) is 0 Å². The van der Waals surface area contributed by atoms with E-state index in [1.807, 2.05) is 0 Å². The normalized spacial score (nSPS) is 20.1. The molecule has 0 amide bonds. The van der Waals surface area contributed by atoms with Gasteiger partial charge in [0, 0.05) is 20.1 Å². The molecule has 0 saturated heterocycles. The summed E-state index contributed by atoms with van der Waals surface area (Å²) in [6, 6.07) is 0. The number of hydrogen-bond donors (Lipinski definition) is 6. The summed E-state index contributed by atoms with van der Waals surface area (Å²) < 4.78 is 164. The van der Waals surface area contributed by atoms with Gasteiger partial charge in [-0.15, -0.1) is 0 Å². The topological polar surface area (TPSA) is 297 Å². The van der Waals surface area contributed by atoms with Crippen molar-refractivity contribution in [3.05, 3.63) is 0 Å². The number of hydrogen-bond acceptors (Lipinski definition) is 19. The van der Waals surface area contributed by atoms with Crippen molar-refractivity contribution in [2.24, 2.45) is 5.92 Å². The van der Waals surface area contributed by atoms with Crippen LogP contribution in [0.1, 0.15) is 6.92 Å². The molecule has 408 valence electrons. The van der Waals surface area contributed by atoms with Crippen molar-refractivity contribution in [3.8, 4) is 0 Å². The van der Waals surface area contributed by atoms with Crippen LogP contribution >= 0.6 is 22.7 Å². The van der Waals surface area contributed by atoms with Crippen molar-refractivity contribution >= 4 is 54.7 Å². The van der Waals surface area contributed by atoms with Gasteiger partial charge >= 0.3 is 0 Å². The predicted molar refractivity (Wildman–Crippen MR) is 255 cm³/mol. The van der Waals surface area contributed by atoms with E-state index in [9.17, 15) is 27.3 Å². The minimum atomic E-state index is -2.16. The van der Waals surface area contributed by atoms with Crippen LogP contribution in [-0.2, 0) is 121 Å². The Morgan fingerprint density at radius 1 is 0.279 bits per heavy atom. The maximum atomic E-state index is 9.75. The molecule has 0 aromatic heterocycles. The molecule has 25 nitrogen and oxygen atoms in total. The van der Waals surface area contributed by atoms with Crippen molar-refractivity contribution in [1.82, 2.24) is 0 Å². The molecule has 0 heterocycles. The number of rotatable bonds is 50. The van der Waals surface area contributed by atoms with Crippen LogP contribution in [0.3, 0.4) is 0 Å². The Hall–Kier alpha value is 0.950. The summed E-state index contributed by atoms with van der Waals surface area (Å²) >= 11 is 0. The van der Waals surface area contributed by atoms with Gasteiger partial charge in [0.2, 0.25) is 0 Å². The van der Waals surface area contributed by atoms with E-state index < -0.39 is 68.3 Å². The summed E-state index contributed by atoms with van der Waals surface area (Å²) in [5, 5.41) is 0. The van der Waals surface area contributed by atoms with Crippen LogP contribution < -0.4 is 0 Å². The molecule has 6 N–H and O–H groups in total. The Bertz CT molecular complexity index is 1220. The lowest BCUT2D eigenvalue weighted by Gasteiger charge is -2.47. The summed E-state index contributed by atoms with van der Waals surface area (Å²) in [6.07, 6.45) is -4.96. The first-order valence-corrected chi connectivity index (χ1v) is 29.5. The van der Waals surface area contributed by atoms with Crippen molar-refractivity contribution < 1.29 is 117 Å². The summed E-state index contributed by atoms with van der Waals surface area (Å²) in [6.45, 7) is 12.3. The molecule has 0 aliphatic heterocycles. The molecule has 1 aliphatic rings. The molecular weight excluding hydrogens is 1030 g/mol. The van der Waals surface area contributed by atoms with E-state index in [0.717, 1.165) is 0 Å². The molecule has 1 fully saturated rings. The third-order valence-corrected chi connectivity index (χ3v) is 12.0. The van der Waals surface area contributed by atoms with Gasteiger partial charge in [0.15, 0.2) is 0 Å². The van der Waals surface area contributed by atoms with Crippen LogP contribution in [-0.4, -0.2) is 257 Å². The van der Waals surface area contributed by atoms with E-state index in [1.165, 1.54) is 0 Å². The monoisotopic (exact) mass is 1110 g/mol. The van der Waals surface area contributed by atoms with Crippen LogP contribution in [0.5, 0.6) is 0 Å². The highest BCUT2D eigenvalue weighted by molar-refractivity contribution is 8.12. The van der Waals surface area contributed by atoms with Crippen molar-refractivity contribution in [2.45, 2.75) is 37.4 Å². The summed E-state index contributed by atoms with van der Waals surface area (Å²) in [7, 11) is -3.83. The van der Waals surface area contributed by atoms with Gasteiger partial charge in [-0.05, 0) is 0 Å². The molecule has 1 saturated carbocycles. The molecule has 0 aromatic carbocycles. The van der Waals surface area contributed by atoms with E-state index >= 15 is 0 Å². The van der Waals surface area contributed by atoms with E-state index in [0.29, 0.717) is 139 Å². The second kappa shape index (κ2) is 50.1. The molecule has 0 spiro atoms. The first-order valence-electron chi connectivity index (χ1n) is 21.8. The van der Waals surface area contributed by atoms with Crippen LogP contribution in [0, 0.1) is 5.92 Å². The Morgan fingerprint density at radius 2 is 0.485 bits per heavy atom. The zero-order valence-electron chi connectivity index (χ0n) is 39.3. The summed E-state index contributed by atoms with van der Waals surface area (Å²) in [5.74, 6) is -0.602. The van der Waals surface area contributed by atoms with Gasteiger partial charge in [-0.2, -0.15) is 0 Å². The fourth-order valence-corrected chi connectivity index (χ4v) is 8.53. The third kappa shape index (κ3) is 39.4. The molecular formula is C37H77O25P3S3. The lowest BCUT2D eigenvalue weighted by molar-refractivity contribution is -0.207. The van der Waals surface area contributed by atoms with Crippen LogP contribution in [0.2, 0.25) is 0 Å². The standard InChI is InChI=1S/C37H77O25P3S3/c1-32-33(58-30-28-56-26-24-54-22-20-52-18-16-50-14-12-48-10-8-46-6-4-44-2)36(61-64-67(40)41)35(37(62-65-68(42)43)34(32)60-63-66(38)39)59-31-29-57-27-25-55-23-21-53-19-17-51-15-13-49-11-9-47-7-5-45-3/h32-43H,4-31H2,1-3H3/t32-,33?,34-,35?,36+,37?/m1/s1. The minimum Gasteiger partial charge on any atom is -0.382 e. The maximum Gasteiger partial charge on any atom is 0.147 e. The molecule has 1 aliphatic carbocycles. The Kier molecular flexibility index (Phi) is 49.4. The van der Waals surface area contributed by atoms with Crippen molar-refractivity contribution in [1.29, 1.82) is 0 Å². The first-order chi connectivity index (χ1) is 33.2. The summed E-state index contributed by atoms with van der Waals surface area (Å²) in [5.41, 5.74) is 0. The fourth-order valence-electron chi connectivity index (χ4n) is 5.62. The SMILES string of the molecule is COCCOCCOCCOCCOCCOCCOCCOC1C(OP=S(O)O)[C@H](OP=S(O)O)[C@H](C)C(OCCOCCOCCOCCOCCOCCOCCOC)[C@@H]1OP=S(O)O. The highest BCUT2D eigenvalue weighted by Crippen LogP contribution is 2.40. The smallest absolute Gasteiger partial charge is 0.147 e. The quantitative estimate of drug-likeness (QED) is 0.0377. The van der Waals surface area contributed by atoms with Crippen LogP contribution in [0.4, 0.5) is 0 Å². The lowest BCUT2D eigenvalue weighted by Crippen LogP contribution is -2.62. The van der Waals surface area contributed by atoms with Gasteiger partial charge in [0.05, 0.1) is 191 Å². The van der Waals surface area contributed by atoms with Gasteiger partial charge in [-0.25, -0.2) is 0 Å². The average Bonchev–Trinajstić information content (AvgIpc) is 3.31. The zero-order valence-corrected chi connectivity index (χ0v) is 44.4. The Labute approximate surface area is 412 Å². The highest BCUT2D eigenvalue weighted by Gasteiger charge is 2.53. The lowest BCUT2D eigenvalue weighted by atomic mass is 9.79. The van der Waals surface area contributed by atoms with Gasteiger partial charge in [0.25, 0.3) is 0 Å². The molecule has 0 aromatic rings. The van der Waals surface area contributed by atoms with E-state index in [1.54, 1.807) is 21.1 Å². The molecule has 0 bridgehead atoms. The largest absolute Gasteiger partial charge is 0.382 e. The van der Waals surface area contributed by atoms with Gasteiger partial charge in [-0.3, -0.25) is 0 Å². The molecule has 3 unspecified atom stereocenters. The summed E-state index contributed by atoms with van der Waals surface area (Å²) in [4.78, 5) is 0. The molecule has 6 atom stereocenters. The van der Waals surface area contributed by atoms with Gasteiger partial charge < -0.3 is 117 Å². The average molecular weight is 1110 g/mol. The Balaban J connectivity index is 2.51. The Morgan fingerprint density at radius 3 is 0.735 bits per heavy atom. The molecule has 1 rings (SSSR count). The maximum absolute atomic E-state index is 9.75. The highest BCUT2D eigenvalue weighted by atomic mass is 32.5. The molecule has 68 heavy (non-hydrogen) atoms. The second-order valence-electron chi connectivity index (χ2n) is 13.5. The number of ether oxygens (including phenoxy) is 16. The number of methoxy groups -OCH3 is 2. The molecule has 31 heteroatoms. The fraction of sp³-hybridized carbons (Fsp3) is 1.00. The first kappa shape index (κ1) is 67.0. The van der Waals surface area contributed by atoms with E-state index in [-0.39, 0.29) is 69.0 Å².